The highest BCUT2D eigenvalue weighted by Crippen LogP contribution is 2.30. The van der Waals surface area contributed by atoms with Crippen molar-refractivity contribution in [2.75, 3.05) is 6.61 Å². The van der Waals surface area contributed by atoms with Gasteiger partial charge in [0.1, 0.15) is 6.04 Å². The summed E-state index contributed by atoms with van der Waals surface area (Å²) in [5, 5.41) is 23.6. The second kappa shape index (κ2) is 7.68. The van der Waals surface area contributed by atoms with E-state index in [9.17, 15) is 29.8 Å². The van der Waals surface area contributed by atoms with E-state index in [4.69, 9.17) is 4.74 Å². The van der Waals surface area contributed by atoms with Gasteiger partial charge in [-0.2, -0.15) is 0 Å². The maximum absolute atomic E-state index is 11.6. The first-order chi connectivity index (χ1) is 10.8. The second-order valence-electron chi connectivity index (χ2n) is 4.17. The zero-order valence-corrected chi connectivity index (χ0v) is 12.2. The Kier molecular flexibility index (Phi) is 5.95. The molecule has 0 saturated heterocycles. The predicted molar refractivity (Wildman–Crippen MR) is 75.0 cm³/mol. The van der Waals surface area contributed by atoms with Gasteiger partial charge in [0.15, 0.2) is 0 Å². The molecule has 1 N–H and O–H groups in total. The molecular weight excluding hydrogens is 314 g/mol. The van der Waals surface area contributed by atoms with E-state index < -0.39 is 45.1 Å². The fourth-order valence-corrected chi connectivity index (χ4v) is 1.48. The van der Waals surface area contributed by atoms with Crippen molar-refractivity contribution in [3.05, 3.63) is 38.4 Å². The maximum atomic E-state index is 11.6. The van der Waals surface area contributed by atoms with Crippen LogP contribution < -0.4 is 10.1 Å². The number of hydrogen-bond acceptors (Lipinski definition) is 8. The largest absolute Gasteiger partial charge is 0.464 e. The van der Waals surface area contributed by atoms with Crippen LogP contribution in [0.5, 0.6) is 5.75 Å². The van der Waals surface area contributed by atoms with Crippen molar-refractivity contribution in [2.24, 2.45) is 0 Å². The Morgan fingerprint density at radius 1 is 1.26 bits per heavy atom. The number of nitrogens with one attached hydrogen (secondary N) is 1. The summed E-state index contributed by atoms with van der Waals surface area (Å²) in [6.45, 7) is 3.04. The molecule has 23 heavy (non-hydrogen) atoms. The van der Waals surface area contributed by atoms with Crippen LogP contribution in [0.25, 0.3) is 0 Å². The summed E-state index contributed by atoms with van der Waals surface area (Å²) in [5.74, 6) is -1.20. The van der Waals surface area contributed by atoms with Crippen LogP contribution >= 0.6 is 0 Å². The molecule has 124 valence electrons. The highest BCUT2D eigenvalue weighted by Gasteiger charge is 2.24. The minimum absolute atomic E-state index is 0.119. The summed E-state index contributed by atoms with van der Waals surface area (Å²) >= 11 is 0. The molecule has 0 bridgehead atoms. The van der Waals surface area contributed by atoms with Crippen LogP contribution in [0, 0.1) is 20.2 Å². The topological polar surface area (TPSA) is 151 Å². The quantitative estimate of drug-likeness (QED) is 0.469. The molecule has 1 unspecified atom stereocenters. The summed E-state index contributed by atoms with van der Waals surface area (Å²) in [4.78, 5) is 42.7. The molecule has 0 aliphatic heterocycles. The van der Waals surface area contributed by atoms with E-state index in [0.717, 1.165) is 12.1 Å². The van der Waals surface area contributed by atoms with Gasteiger partial charge in [-0.05, 0) is 19.9 Å². The van der Waals surface area contributed by atoms with Gasteiger partial charge in [-0.15, -0.1) is 0 Å². The third kappa shape index (κ3) is 4.91. The normalized spacial score (nSPS) is 11.2. The van der Waals surface area contributed by atoms with Crippen molar-refractivity contribution in [3.8, 4) is 5.75 Å². The molecule has 1 rings (SSSR count). The first kappa shape index (κ1) is 17.8. The lowest BCUT2D eigenvalue weighted by Crippen LogP contribution is -2.41. The van der Waals surface area contributed by atoms with E-state index in [1.807, 2.05) is 0 Å². The van der Waals surface area contributed by atoms with Gasteiger partial charge in [-0.1, -0.05) is 0 Å². The zero-order valence-electron chi connectivity index (χ0n) is 12.2. The fourth-order valence-electron chi connectivity index (χ4n) is 1.48. The molecule has 0 heterocycles. The molecule has 1 aromatic rings. The van der Waals surface area contributed by atoms with Gasteiger partial charge in [0.25, 0.3) is 5.69 Å². The number of ether oxygens (including phenoxy) is 2. The number of nitrogens with zero attached hydrogens (tertiary/aromatic N) is 2. The standard InChI is InChI=1S/C12H13N3O8/c1-3-22-11(16)7(2)13-12(17)23-10-5-4-8(14(18)19)6-9(10)15(20)21/h4-7H,3H2,1-2H3,(H,13,17). The van der Waals surface area contributed by atoms with Crippen LogP contribution in [0.4, 0.5) is 16.2 Å². The molecule has 1 amide bonds. The van der Waals surface area contributed by atoms with Gasteiger partial charge in [0.05, 0.1) is 22.5 Å². The number of non-ortho nitro benzene ring substituents is 1. The molecule has 0 aromatic heterocycles. The summed E-state index contributed by atoms with van der Waals surface area (Å²) < 4.78 is 9.38. The van der Waals surface area contributed by atoms with E-state index in [0.29, 0.717) is 6.07 Å². The predicted octanol–water partition coefficient (Wildman–Crippen LogP) is 1.54. The van der Waals surface area contributed by atoms with Crippen LogP contribution in [0.2, 0.25) is 0 Å². The number of amides is 1. The molecule has 11 heteroatoms. The van der Waals surface area contributed by atoms with Crippen molar-refractivity contribution < 1.29 is 28.9 Å². The monoisotopic (exact) mass is 327 g/mol. The van der Waals surface area contributed by atoms with Gasteiger partial charge in [-0.25, -0.2) is 9.59 Å². The number of benzene rings is 1. The third-order valence-electron chi connectivity index (χ3n) is 2.53. The molecule has 0 radical (unpaired) electrons. The minimum atomic E-state index is -1.14. The van der Waals surface area contributed by atoms with Gasteiger partial charge in [0.2, 0.25) is 5.75 Å². The van der Waals surface area contributed by atoms with Crippen LogP contribution in [0.15, 0.2) is 18.2 Å². The summed E-state index contributed by atoms with van der Waals surface area (Å²) in [5.41, 5.74) is -1.28. The van der Waals surface area contributed by atoms with Crippen LogP contribution in [-0.2, 0) is 9.53 Å². The Morgan fingerprint density at radius 3 is 2.43 bits per heavy atom. The SMILES string of the molecule is CCOC(=O)C(C)NC(=O)Oc1ccc([N+](=O)[O-])cc1[N+](=O)[O-]. The van der Waals surface area contributed by atoms with Crippen molar-refractivity contribution >= 4 is 23.4 Å². The molecule has 0 aliphatic carbocycles. The van der Waals surface area contributed by atoms with Gasteiger partial charge in [0, 0.05) is 6.07 Å². The molecule has 11 nitrogen and oxygen atoms in total. The summed E-state index contributed by atoms with van der Waals surface area (Å²) in [6, 6.07) is 1.51. The average Bonchev–Trinajstić information content (AvgIpc) is 2.47. The maximum Gasteiger partial charge on any atom is 0.413 e. The van der Waals surface area contributed by atoms with E-state index in [2.05, 4.69) is 10.1 Å². The second-order valence-corrected chi connectivity index (χ2v) is 4.17. The van der Waals surface area contributed by atoms with Crippen LogP contribution in [0.1, 0.15) is 13.8 Å². The number of hydrogen-bond donors (Lipinski definition) is 1. The van der Waals surface area contributed by atoms with Gasteiger partial charge >= 0.3 is 17.7 Å². The van der Waals surface area contributed by atoms with E-state index in [1.165, 1.54) is 6.92 Å². The van der Waals surface area contributed by atoms with Gasteiger partial charge < -0.3 is 14.8 Å². The highest BCUT2D eigenvalue weighted by atomic mass is 16.6. The smallest absolute Gasteiger partial charge is 0.413 e. The molecule has 0 aliphatic rings. The number of rotatable bonds is 6. The Morgan fingerprint density at radius 2 is 1.91 bits per heavy atom. The van der Waals surface area contributed by atoms with Crippen molar-refractivity contribution in [1.82, 2.24) is 5.32 Å². The number of esters is 1. The van der Waals surface area contributed by atoms with E-state index >= 15 is 0 Å². The molecule has 0 fully saturated rings. The van der Waals surface area contributed by atoms with E-state index in [1.54, 1.807) is 6.92 Å². The lowest BCUT2D eigenvalue weighted by Gasteiger charge is -2.12. The average molecular weight is 327 g/mol. The molecular formula is C12H13N3O8. The first-order valence-electron chi connectivity index (χ1n) is 6.34. The number of carbonyl (C=O) groups is 2. The van der Waals surface area contributed by atoms with Crippen molar-refractivity contribution in [1.29, 1.82) is 0 Å². The van der Waals surface area contributed by atoms with Crippen molar-refractivity contribution in [3.63, 3.8) is 0 Å². The molecule has 0 saturated carbocycles. The zero-order chi connectivity index (χ0) is 17.6. The lowest BCUT2D eigenvalue weighted by atomic mass is 10.2. The number of carbonyl (C=O) groups excluding carboxylic acids is 2. The Bertz CT molecular complexity index is 645. The summed E-state index contributed by atoms with van der Waals surface area (Å²) in [7, 11) is 0. The Hall–Kier alpha value is -3.24. The fraction of sp³-hybridized carbons (Fsp3) is 0.333. The van der Waals surface area contributed by atoms with Crippen LogP contribution in [-0.4, -0.2) is 34.6 Å². The lowest BCUT2D eigenvalue weighted by molar-refractivity contribution is -0.394. The number of nitro groups is 2. The molecule has 1 aromatic carbocycles. The minimum Gasteiger partial charge on any atom is -0.464 e. The highest BCUT2D eigenvalue weighted by molar-refractivity contribution is 5.82. The number of nitro benzene ring substituents is 2. The Balaban J connectivity index is 2.87. The summed E-state index contributed by atoms with van der Waals surface area (Å²) in [6.07, 6.45) is -1.14. The molecule has 0 spiro atoms. The third-order valence-corrected chi connectivity index (χ3v) is 2.53. The molecule has 1 atom stereocenters. The van der Waals surface area contributed by atoms with Gasteiger partial charge in [-0.3, -0.25) is 20.2 Å². The Labute approximate surface area is 129 Å². The van der Waals surface area contributed by atoms with E-state index in [-0.39, 0.29) is 6.61 Å². The first-order valence-corrected chi connectivity index (χ1v) is 6.34. The van der Waals surface area contributed by atoms with Crippen molar-refractivity contribution in [2.45, 2.75) is 19.9 Å². The van der Waals surface area contributed by atoms with Crippen LogP contribution in [0.3, 0.4) is 0 Å².